The van der Waals surface area contributed by atoms with Crippen LogP contribution >= 0.6 is 23.4 Å². The SMILES string of the molecule is O=C(Nc1ccccc1Sc1ccccc1)c1cc(S(=O)(=O)N2CCOCC2)ccc1Cl. The Morgan fingerprint density at radius 1 is 0.969 bits per heavy atom. The summed E-state index contributed by atoms with van der Waals surface area (Å²) in [6, 6.07) is 21.4. The van der Waals surface area contributed by atoms with Crippen LogP contribution in [0, 0.1) is 0 Å². The summed E-state index contributed by atoms with van der Waals surface area (Å²) in [6.45, 7) is 1.24. The second kappa shape index (κ2) is 10.1. The van der Waals surface area contributed by atoms with E-state index in [1.165, 1.54) is 34.3 Å². The zero-order chi connectivity index (χ0) is 22.6. The van der Waals surface area contributed by atoms with Crippen molar-refractivity contribution in [2.24, 2.45) is 0 Å². The van der Waals surface area contributed by atoms with Gasteiger partial charge in [-0.05, 0) is 42.5 Å². The molecule has 32 heavy (non-hydrogen) atoms. The first kappa shape index (κ1) is 22.8. The molecule has 0 unspecified atom stereocenters. The lowest BCUT2D eigenvalue weighted by Crippen LogP contribution is -2.40. The third-order valence-corrected chi connectivity index (χ3v) is 8.20. The minimum Gasteiger partial charge on any atom is -0.379 e. The van der Waals surface area contributed by atoms with E-state index in [4.69, 9.17) is 16.3 Å². The highest BCUT2D eigenvalue weighted by Gasteiger charge is 2.27. The highest BCUT2D eigenvalue weighted by molar-refractivity contribution is 7.99. The molecular formula is C23H21ClN2O4S2. The van der Waals surface area contributed by atoms with Gasteiger partial charge in [-0.15, -0.1) is 0 Å². The number of ether oxygens (including phenoxy) is 1. The van der Waals surface area contributed by atoms with E-state index in [1.807, 2.05) is 48.5 Å². The van der Waals surface area contributed by atoms with E-state index in [-0.39, 0.29) is 28.6 Å². The van der Waals surface area contributed by atoms with Crippen molar-refractivity contribution in [3.63, 3.8) is 0 Å². The molecule has 1 fully saturated rings. The Labute approximate surface area is 196 Å². The Balaban J connectivity index is 1.59. The fourth-order valence-electron chi connectivity index (χ4n) is 3.24. The van der Waals surface area contributed by atoms with E-state index >= 15 is 0 Å². The topological polar surface area (TPSA) is 75.7 Å². The normalized spacial score (nSPS) is 14.8. The lowest BCUT2D eigenvalue weighted by molar-refractivity contribution is 0.0730. The number of nitrogens with zero attached hydrogens (tertiary/aromatic N) is 1. The molecular weight excluding hydrogens is 468 g/mol. The molecule has 166 valence electrons. The van der Waals surface area contributed by atoms with Gasteiger partial charge in [-0.25, -0.2) is 8.42 Å². The molecule has 0 bridgehead atoms. The number of carbonyl (C=O) groups is 1. The summed E-state index contributed by atoms with van der Waals surface area (Å²) in [7, 11) is -3.75. The molecule has 0 atom stereocenters. The van der Waals surface area contributed by atoms with Crippen molar-refractivity contribution in [2.45, 2.75) is 14.7 Å². The molecule has 3 aromatic rings. The van der Waals surface area contributed by atoms with Crippen molar-refractivity contribution in [1.82, 2.24) is 4.31 Å². The summed E-state index contributed by atoms with van der Waals surface area (Å²) in [4.78, 5) is 15.0. The fourth-order valence-corrected chi connectivity index (χ4v) is 5.80. The molecule has 1 N–H and O–H groups in total. The van der Waals surface area contributed by atoms with Crippen LogP contribution in [0.15, 0.2) is 87.5 Å². The number of halogens is 1. The van der Waals surface area contributed by atoms with Crippen molar-refractivity contribution >= 4 is 45.0 Å². The molecule has 0 radical (unpaired) electrons. The van der Waals surface area contributed by atoms with Crippen LogP contribution in [0.25, 0.3) is 0 Å². The number of sulfonamides is 1. The van der Waals surface area contributed by atoms with E-state index in [0.717, 1.165) is 9.79 Å². The molecule has 1 saturated heterocycles. The van der Waals surface area contributed by atoms with Gasteiger partial charge in [0.25, 0.3) is 5.91 Å². The van der Waals surface area contributed by atoms with Crippen LogP contribution in [-0.4, -0.2) is 44.9 Å². The number of nitrogens with one attached hydrogen (secondary N) is 1. The molecule has 1 aliphatic rings. The molecule has 4 rings (SSSR count). The third-order valence-electron chi connectivity index (χ3n) is 4.90. The molecule has 9 heteroatoms. The molecule has 1 amide bonds. The Morgan fingerprint density at radius 2 is 1.66 bits per heavy atom. The van der Waals surface area contributed by atoms with Crippen LogP contribution in [0.3, 0.4) is 0 Å². The summed E-state index contributed by atoms with van der Waals surface area (Å²) in [5, 5.41) is 3.05. The van der Waals surface area contributed by atoms with E-state index in [2.05, 4.69) is 5.32 Å². The first-order valence-corrected chi connectivity index (χ1v) is 12.6. The van der Waals surface area contributed by atoms with E-state index in [1.54, 1.807) is 6.07 Å². The van der Waals surface area contributed by atoms with Gasteiger partial charge >= 0.3 is 0 Å². The number of benzene rings is 3. The summed E-state index contributed by atoms with van der Waals surface area (Å²) in [5.41, 5.74) is 0.712. The molecule has 0 spiro atoms. The van der Waals surface area contributed by atoms with Gasteiger partial charge in [0.1, 0.15) is 0 Å². The number of para-hydroxylation sites is 1. The lowest BCUT2D eigenvalue weighted by atomic mass is 10.2. The largest absolute Gasteiger partial charge is 0.379 e. The average molecular weight is 489 g/mol. The second-order valence-corrected chi connectivity index (χ2v) is 10.5. The first-order chi connectivity index (χ1) is 15.4. The zero-order valence-corrected chi connectivity index (χ0v) is 19.4. The van der Waals surface area contributed by atoms with Crippen LogP contribution < -0.4 is 5.32 Å². The van der Waals surface area contributed by atoms with Crippen LogP contribution in [0.1, 0.15) is 10.4 Å². The van der Waals surface area contributed by atoms with Gasteiger partial charge in [0, 0.05) is 22.9 Å². The second-order valence-electron chi connectivity index (χ2n) is 7.02. The lowest BCUT2D eigenvalue weighted by Gasteiger charge is -2.26. The van der Waals surface area contributed by atoms with Crippen LogP contribution in [-0.2, 0) is 14.8 Å². The maximum atomic E-state index is 13.1. The van der Waals surface area contributed by atoms with Gasteiger partial charge in [0.15, 0.2) is 0 Å². The van der Waals surface area contributed by atoms with E-state index in [0.29, 0.717) is 18.9 Å². The van der Waals surface area contributed by atoms with Crippen molar-refractivity contribution in [3.05, 3.63) is 83.4 Å². The number of amides is 1. The summed E-state index contributed by atoms with van der Waals surface area (Å²) >= 11 is 7.79. The van der Waals surface area contributed by atoms with E-state index in [9.17, 15) is 13.2 Å². The standard InChI is InChI=1S/C23H21ClN2O4S2/c24-20-11-10-18(32(28,29)26-12-14-30-15-13-26)16-19(20)23(27)25-21-8-4-5-9-22(21)31-17-6-2-1-3-7-17/h1-11,16H,12-15H2,(H,25,27). The molecule has 0 saturated carbocycles. The van der Waals surface area contributed by atoms with Crippen molar-refractivity contribution in [3.8, 4) is 0 Å². The van der Waals surface area contributed by atoms with Gasteiger partial charge in [-0.3, -0.25) is 4.79 Å². The Morgan fingerprint density at radius 3 is 2.41 bits per heavy atom. The number of morpholine rings is 1. The molecule has 1 aliphatic heterocycles. The van der Waals surface area contributed by atoms with E-state index < -0.39 is 15.9 Å². The van der Waals surface area contributed by atoms with Gasteiger partial charge in [0.2, 0.25) is 10.0 Å². The predicted octanol–water partition coefficient (Wildman–Crippen LogP) is 4.76. The molecule has 1 heterocycles. The molecule has 0 aromatic heterocycles. The molecule has 6 nitrogen and oxygen atoms in total. The monoisotopic (exact) mass is 488 g/mol. The summed E-state index contributed by atoms with van der Waals surface area (Å²) < 4.78 is 32.6. The number of hydrogen-bond donors (Lipinski definition) is 1. The highest BCUT2D eigenvalue weighted by Crippen LogP contribution is 2.34. The highest BCUT2D eigenvalue weighted by atomic mass is 35.5. The number of carbonyl (C=O) groups excluding carboxylic acids is 1. The Hall–Kier alpha value is -2.36. The zero-order valence-electron chi connectivity index (χ0n) is 17.0. The minimum absolute atomic E-state index is 0.0286. The quantitative estimate of drug-likeness (QED) is 0.541. The van der Waals surface area contributed by atoms with Crippen LogP contribution in [0.2, 0.25) is 5.02 Å². The van der Waals surface area contributed by atoms with Crippen molar-refractivity contribution < 1.29 is 17.9 Å². The minimum atomic E-state index is -3.75. The van der Waals surface area contributed by atoms with Gasteiger partial charge in [-0.2, -0.15) is 4.31 Å². The predicted molar refractivity (Wildman–Crippen MR) is 126 cm³/mol. The fraction of sp³-hybridized carbons (Fsp3) is 0.174. The molecule has 0 aliphatic carbocycles. The van der Waals surface area contributed by atoms with Gasteiger partial charge in [-0.1, -0.05) is 53.7 Å². The maximum Gasteiger partial charge on any atom is 0.257 e. The number of rotatable bonds is 6. The smallest absolute Gasteiger partial charge is 0.257 e. The van der Waals surface area contributed by atoms with Gasteiger partial charge < -0.3 is 10.1 Å². The van der Waals surface area contributed by atoms with Crippen LogP contribution in [0.4, 0.5) is 5.69 Å². The summed E-state index contributed by atoms with van der Waals surface area (Å²) in [5.74, 6) is -0.477. The Bertz CT molecular complexity index is 1210. The third kappa shape index (κ3) is 5.16. The Kier molecular flexibility index (Phi) is 7.17. The maximum absolute atomic E-state index is 13.1. The first-order valence-electron chi connectivity index (χ1n) is 9.96. The molecule has 3 aromatic carbocycles. The number of anilines is 1. The van der Waals surface area contributed by atoms with Crippen LogP contribution in [0.5, 0.6) is 0 Å². The van der Waals surface area contributed by atoms with Crippen molar-refractivity contribution in [1.29, 1.82) is 0 Å². The average Bonchev–Trinajstić information content (AvgIpc) is 2.81. The number of hydrogen-bond acceptors (Lipinski definition) is 5. The summed E-state index contributed by atoms with van der Waals surface area (Å²) in [6.07, 6.45) is 0. The van der Waals surface area contributed by atoms with Crippen molar-refractivity contribution in [2.75, 3.05) is 31.6 Å². The van der Waals surface area contributed by atoms with Gasteiger partial charge in [0.05, 0.1) is 34.4 Å².